The summed E-state index contributed by atoms with van der Waals surface area (Å²) in [7, 11) is 0. The summed E-state index contributed by atoms with van der Waals surface area (Å²) < 4.78 is 12.5. The standard InChI is InChI=1S/C12H13N3O4/c16-12(17)9-2-1-3-10-11(9)13-14-15(10)6-8-7-18-4-5-19-8/h1-3,8H,4-7H2,(H,16,17). The number of benzene rings is 1. The fourth-order valence-electron chi connectivity index (χ4n) is 2.13. The Morgan fingerprint density at radius 2 is 2.37 bits per heavy atom. The zero-order valence-corrected chi connectivity index (χ0v) is 10.2. The van der Waals surface area contributed by atoms with Gasteiger partial charge < -0.3 is 14.6 Å². The Bertz CT molecular complexity index is 604. The van der Waals surface area contributed by atoms with Crippen molar-refractivity contribution >= 4 is 17.0 Å². The maximum Gasteiger partial charge on any atom is 0.338 e. The van der Waals surface area contributed by atoms with Crippen molar-refractivity contribution in [3.8, 4) is 0 Å². The van der Waals surface area contributed by atoms with E-state index in [1.165, 1.54) is 6.07 Å². The first-order valence-electron chi connectivity index (χ1n) is 6.00. The topological polar surface area (TPSA) is 86.5 Å². The van der Waals surface area contributed by atoms with Crippen molar-refractivity contribution in [2.75, 3.05) is 19.8 Å². The van der Waals surface area contributed by atoms with Crippen LogP contribution in [0.5, 0.6) is 0 Å². The lowest BCUT2D eigenvalue weighted by molar-refractivity contribution is -0.0943. The third kappa shape index (κ3) is 2.29. The van der Waals surface area contributed by atoms with Crippen LogP contribution in [0.2, 0.25) is 0 Å². The predicted octanol–water partition coefficient (Wildman–Crippen LogP) is 0.545. The Balaban J connectivity index is 1.92. The van der Waals surface area contributed by atoms with Crippen LogP contribution in [0.1, 0.15) is 10.4 Å². The molecular formula is C12H13N3O4. The average molecular weight is 263 g/mol. The number of hydrogen-bond acceptors (Lipinski definition) is 5. The van der Waals surface area contributed by atoms with E-state index in [4.69, 9.17) is 14.6 Å². The first kappa shape index (κ1) is 12.1. The Kier molecular flexibility index (Phi) is 3.14. The van der Waals surface area contributed by atoms with Crippen molar-refractivity contribution in [1.29, 1.82) is 0 Å². The molecule has 100 valence electrons. The van der Waals surface area contributed by atoms with Gasteiger partial charge in [-0.15, -0.1) is 5.10 Å². The van der Waals surface area contributed by atoms with Crippen LogP contribution in [0.4, 0.5) is 0 Å². The number of ether oxygens (including phenoxy) is 2. The molecule has 0 bridgehead atoms. The number of hydrogen-bond donors (Lipinski definition) is 1. The fourth-order valence-corrected chi connectivity index (χ4v) is 2.13. The fraction of sp³-hybridized carbons (Fsp3) is 0.417. The van der Waals surface area contributed by atoms with Crippen LogP contribution in [-0.4, -0.2) is 52.0 Å². The molecule has 3 rings (SSSR count). The number of carboxylic acids is 1. The van der Waals surface area contributed by atoms with Crippen molar-refractivity contribution in [2.24, 2.45) is 0 Å². The second kappa shape index (κ2) is 4.94. The third-order valence-corrected chi connectivity index (χ3v) is 3.04. The number of nitrogens with zero attached hydrogens (tertiary/aromatic N) is 3. The Labute approximate surface area is 108 Å². The van der Waals surface area contributed by atoms with Crippen molar-refractivity contribution in [3.63, 3.8) is 0 Å². The van der Waals surface area contributed by atoms with Gasteiger partial charge in [-0.3, -0.25) is 0 Å². The van der Waals surface area contributed by atoms with Gasteiger partial charge >= 0.3 is 5.97 Å². The van der Waals surface area contributed by atoms with Crippen LogP contribution in [0.25, 0.3) is 11.0 Å². The van der Waals surface area contributed by atoms with Crippen LogP contribution < -0.4 is 0 Å². The summed E-state index contributed by atoms with van der Waals surface area (Å²) >= 11 is 0. The van der Waals surface area contributed by atoms with E-state index in [-0.39, 0.29) is 11.7 Å². The molecule has 1 fully saturated rings. The highest BCUT2D eigenvalue weighted by molar-refractivity contribution is 6.00. The lowest BCUT2D eigenvalue weighted by Crippen LogP contribution is -2.32. The summed E-state index contributed by atoms with van der Waals surface area (Å²) in [4.78, 5) is 11.1. The Hall–Kier alpha value is -1.99. The third-order valence-electron chi connectivity index (χ3n) is 3.04. The highest BCUT2D eigenvalue weighted by Crippen LogP contribution is 2.17. The zero-order valence-electron chi connectivity index (χ0n) is 10.2. The summed E-state index contributed by atoms with van der Waals surface area (Å²) in [5.41, 5.74) is 1.24. The summed E-state index contributed by atoms with van der Waals surface area (Å²) in [6, 6.07) is 5.00. The summed E-state index contributed by atoms with van der Waals surface area (Å²) in [5.74, 6) is -1.00. The van der Waals surface area contributed by atoms with Gasteiger partial charge in [0.25, 0.3) is 0 Å². The molecule has 7 nitrogen and oxygen atoms in total. The molecule has 1 aliphatic heterocycles. The van der Waals surface area contributed by atoms with Crippen LogP contribution in [0.15, 0.2) is 18.2 Å². The molecule has 1 N–H and O–H groups in total. The molecular weight excluding hydrogens is 250 g/mol. The van der Waals surface area contributed by atoms with Gasteiger partial charge in [0.15, 0.2) is 0 Å². The molecule has 0 aliphatic carbocycles. The zero-order chi connectivity index (χ0) is 13.2. The quantitative estimate of drug-likeness (QED) is 0.870. The maximum absolute atomic E-state index is 11.1. The van der Waals surface area contributed by atoms with Gasteiger partial charge in [0, 0.05) is 0 Å². The molecule has 19 heavy (non-hydrogen) atoms. The SMILES string of the molecule is O=C(O)c1cccc2c1nnn2CC1COCCO1. The van der Waals surface area contributed by atoms with Gasteiger partial charge in [-0.05, 0) is 12.1 Å². The molecule has 1 aromatic carbocycles. The molecule has 1 aromatic heterocycles. The normalized spacial score (nSPS) is 19.7. The number of carbonyl (C=O) groups is 1. The molecule has 1 unspecified atom stereocenters. The van der Waals surface area contributed by atoms with Crippen LogP contribution >= 0.6 is 0 Å². The smallest absolute Gasteiger partial charge is 0.338 e. The first-order valence-corrected chi connectivity index (χ1v) is 6.00. The summed E-state index contributed by atoms with van der Waals surface area (Å²) in [6.45, 7) is 2.19. The number of fused-ring (bicyclic) bond motifs is 1. The number of carboxylic acid groups (broad SMARTS) is 1. The van der Waals surface area contributed by atoms with E-state index in [1.54, 1.807) is 16.8 Å². The summed E-state index contributed by atoms with van der Waals surface area (Å²) in [6.07, 6.45) is -0.0767. The van der Waals surface area contributed by atoms with E-state index < -0.39 is 5.97 Å². The molecule has 7 heteroatoms. The monoisotopic (exact) mass is 263 g/mol. The lowest BCUT2D eigenvalue weighted by Gasteiger charge is -2.22. The lowest BCUT2D eigenvalue weighted by atomic mass is 10.2. The molecule has 0 saturated carbocycles. The minimum atomic E-state index is -1.00. The van der Waals surface area contributed by atoms with Gasteiger partial charge in [-0.1, -0.05) is 11.3 Å². The highest BCUT2D eigenvalue weighted by Gasteiger charge is 2.19. The predicted molar refractivity (Wildman–Crippen MR) is 65.0 cm³/mol. The molecule has 2 heterocycles. The molecule has 1 aliphatic rings. The molecule has 0 spiro atoms. The van der Waals surface area contributed by atoms with Gasteiger partial charge in [-0.2, -0.15) is 0 Å². The Morgan fingerprint density at radius 3 is 3.11 bits per heavy atom. The van der Waals surface area contributed by atoms with Crippen LogP contribution in [0.3, 0.4) is 0 Å². The minimum absolute atomic E-state index is 0.0767. The Morgan fingerprint density at radius 1 is 1.47 bits per heavy atom. The molecule has 0 amide bonds. The van der Waals surface area contributed by atoms with Crippen molar-refractivity contribution < 1.29 is 19.4 Å². The maximum atomic E-state index is 11.1. The second-order valence-corrected chi connectivity index (χ2v) is 4.32. The van der Waals surface area contributed by atoms with Gasteiger partial charge in [0.2, 0.25) is 0 Å². The van der Waals surface area contributed by atoms with Gasteiger partial charge in [-0.25, -0.2) is 9.48 Å². The van der Waals surface area contributed by atoms with Gasteiger partial charge in [0.1, 0.15) is 11.6 Å². The largest absolute Gasteiger partial charge is 0.478 e. The summed E-state index contributed by atoms with van der Waals surface area (Å²) in [5, 5.41) is 17.0. The molecule has 1 atom stereocenters. The minimum Gasteiger partial charge on any atom is -0.478 e. The van der Waals surface area contributed by atoms with Gasteiger partial charge in [0.05, 0.1) is 37.4 Å². The second-order valence-electron chi connectivity index (χ2n) is 4.32. The van der Waals surface area contributed by atoms with E-state index >= 15 is 0 Å². The van der Waals surface area contributed by atoms with E-state index in [2.05, 4.69) is 10.3 Å². The molecule has 1 saturated heterocycles. The molecule has 0 radical (unpaired) electrons. The van der Waals surface area contributed by atoms with E-state index in [9.17, 15) is 4.79 Å². The van der Waals surface area contributed by atoms with Crippen LogP contribution in [-0.2, 0) is 16.0 Å². The highest BCUT2D eigenvalue weighted by atomic mass is 16.6. The number of aromatic nitrogens is 3. The number of aromatic carboxylic acids is 1. The first-order chi connectivity index (χ1) is 9.25. The van der Waals surface area contributed by atoms with Crippen molar-refractivity contribution in [1.82, 2.24) is 15.0 Å². The van der Waals surface area contributed by atoms with Crippen LogP contribution in [0, 0.1) is 0 Å². The van der Waals surface area contributed by atoms with E-state index in [0.717, 1.165) is 0 Å². The van der Waals surface area contributed by atoms with Crippen molar-refractivity contribution in [3.05, 3.63) is 23.8 Å². The molecule has 2 aromatic rings. The van der Waals surface area contributed by atoms with Crippen molar-refractivity contribution in [2.45, 2.75) is 12.6 Å². The average Bonchev–Trinajstić information content (AvgIpc) is 2.83. The van der Waals surface area contributed by atoms with E-state index in [0.29, 0.717) is 37.4 Å². The number of rotatable bonds is 3. The van der Waals surface area contributed by atoms with E-state index in [1.807, 2.05) is 0 Å².